The van der Waals surface area contributed by atoms with E-state index in [0.29, 0.717) is 29.7 Å². The third-order valence-corrected chi connectivity index (χ3v) is 6.75. The van der Waals surface area contributed by atoms with E-state index in [1.165, 1.54) is 12.1 Å². The van der Waals surface area contributed by atoms with Crippen LogP contribution in [0.1, 0.15) is 38.8 Å². The molecule has 3 heterocycles. The summed E-state index contributed by atoms with van der Waals surface area (Å²) >= 11 is 0. The van der Waals surface area contributed by atoms with Crippen LogP contribution in [0.2, 0.25) is 0 Å². The second-order valence-corrected chi connectivity index (χ2v) is 8.68. The number of rotatable bonds is 4. The van der Waals surface area contributed by atoms with Crippen molar-refractivity contribution in [3.8, 4) is 0 Å². The molecule has 2 aromatic heterocycles. The van der Waals surface area contributed by atoms with Gasteiger partial charge in [0.25, 0.3) is 11.4 Å². The summed E-state index contributed by atoms with van der Waals surface area (Å²) in [6.45, 7) is 14.7. The van der Waals surface area contributed by atoms with Crippen LogP contribution < -0.4 is 10.5 Å². The number of anilines is 1. The van der Waals surface area contributed by atoms with Gasteiger partial charge >= 0.3 is 0 Å². The van der Waals surface area contributed by atoms with Crippen LogP contribution in [0.25, 0.3) is 15.9 Å². The second-order valence-electron chi connectivity index (χ2n) is 8.68. The highest BCUT2D eigenvalue weighted by molar-refractivity contribution is 5.89. The van der Waals surface area contributed by atoms with Gasteiger partial charge in [-0.25, -0.2) is 8.78 Å². The Balaban J connectivity index is 1.73. The van der Waals surface area contributed by atoms with E-state index in [4.69, 9.17) is 6.57 Å². The van der Waals surface area contributed by atoms with Gasteiger partial charge in [-0.3, -0.25) is 9.69 Å². The first-order valence-corrected chi connectivity index (χ1v) is 11.1. The highest BCUT2D eigenvalue weighted by atomic mass is 19.1. The van der Waals surface area contributed by atoms with Gasteiger partial charge in [-0.05, 0) is 38.5 Å². The third kappa shape index (κ3) is 4.09. The molecule has 4 rings (SSSR count). The van der Waals surface area contributed by atoms with E-state index < -0.39 is 11.6 Å². The monoisotopic (exact) mass is 451 g/mol. The molecule has 0 N–H and O–H groups in total. The molecule has 0 saturated carbocycles. The molecule has 1 saturated heterocycles. The van der Waals surface area contributed by atoms with Crippen molar-refractivity contribution in [2.24, 2.45) is 7.05 Å². The minimum Gasteiger partial charge on any atom is -0.362 e. The summed E-state index contributed by atoms with van der Waals surface area (Å²) < 4.78 is 29.4. The van der Waals surface area contributed by atoms with Crippen LogP contribution in [-0.4, -0.2) is 39.6 Å². The lowest BCUT2D eigenvalue weighted by atomic mass is 9.98. The third-order valence-electron chi connectivity index (χ3n) is 6.75. The fourth-order valence-corrected chi connectivity index (χ4v) is 4.85. The number of halogens is 2. The molecular formula is C25H27F2N5O. The van der Waals surface area contributed by atoms with Crippen LogP contribution >= 0.6 is 0 Å². The standard InChI is InChI=1S/C25H27F2N5O/c1-6-18-14-31(16(3)19-8-7-17(26)11-20(19)27)15(2)13-32(18)22-12-24(33)30(5)21-9-10-23(28-4)29-25(21)22/h7-12,15-16,18H,6,13-14H2,1-3,5H3/t15-,16?,18+/m1/s1. The number of pyridine rings is 2. The van der Waals surface area contributed by atoms with Crippen molar-refractivity contribution in [2.75, 3.05) is 18.0 Å². The molecule has 0 aliphatic carbocycles. The molecule has 3 atom stereocenters. The van der Waals surface area contributed by atoms with E-state index in [1.807, 2.05) is 6.92 Å². The van der Waals surface area contributed by atoms with Crippen molar-refractivity contribution in [3.05, 3.63) is 75.4 Å². The largest absolute Gasteiger partial charge is 0.362 e. The van der Waals surface area contributed by atoms with Crippen LogP contribution in [-0.2, 0) is 7.05 Å². The zero-order chi connectivity index (χ0) is 23.9. The molecule has 1 fully saturated rings. The Bertz CT molecular complexity index is 1300. The molecule has 0 amide bonds. The molecule has 0 radical (unpaired) electrons. The van der Waals surface area contributed by atoms with Gasteiger partial charge in [-0.2, -0.15) is 0 Å². The minimum absolute atomic E-state index is 0.0374. The Kier molecular flexibility index (Phi) is 6.17. The minimum atomic E-state index is -0.587. The summed E-state index contributed by atoms with van der Waals surface area (Å²) in [5, 5.41) is 0. The Morgan fingerprint density at radius 2 is 1.97 bits per heavy atom. The Hall–Kier alpha value is -3.31. The van der Waals surface area contributed by atoms with Gasteiger partial charge in [-0.15, -0.1) is 4.98 Å². The van der Waals surface area contributed by atoms with Crippen LogP contribution in [0.5, 0.6) is 0 Å². The van der Waals surface area contributed by atoms with Crippen molar-refractivity contribution < 1.29 is 8.78 Å². The van der Waals surface area contributed by atoms with Gasteiger partial charge in [0.1, 0.15) is 11.6 Å². The fraction of sp³-hybridized carbons (Fsp3) is 0.400. The smallest absolute Gasteiger partial charge is 0.270 e. The number of aromatic nitrogens is 2. The molecule has 1 unspecified atom stereocenters. The lowest BCUT2D eigenvalue weighted by molar-refractivity contribution is 0.112. The number of piperazine rings is 1. The summed E-state index contributed by atoms with van der Waals surface area (Å²) in [6.07, 6.45) is 0.807. The summed E-state index contributed by atoms with van der Waals surface area (Å²) in [6, 6.07) is 8.57. The van der Waals surface area contributed by atoms with E-state index >= 15 is 0 Å². The van der Waals surface area contributed by atoms with E-state index in [0.717, 1.165) is 18.2 Å². The number of benzene rings is 1. The quantitative estimate of drug-likeness (QED) is 0.534. The molecule has 6 nitrogen and oxygen atoms in total. The summed E-state index contributed by atoms with van der Waals surface area (Å²) in [5.41, 5.74) is 2.35. The zero-order valence-corrected chi connectivity index (χ0v) is 19.2. The lowest BCUT2D eigenvalue weighted by Crippen LogP contribution is -2.58. The normalized spacial score (nSPS) is 20.1. The van der Waals surface area contributed by atoms with Gasteiger partial charge < -0.3 is 14.3 Å². The summed E-state index contributed by atoms with van der Waals surface area (Å²) in [5.74, 6) is -0.849. The Labute approximate surface area is 191 Å². The molecule has 1 aromatic carbocycles. The first kappa shape index (κ1) is 22.9. The maximum atomic E-state index is 14.5. The second kappa shape index (κ2) is 8.91. The predicted molar refractivity (Wildman–Crippen MR) is 126 cm³/mol. The zero-order valence-electron chi connectivity index (χ0n) is 19.2. The number of nitrogens with zero attached hydrogens (tertiary/aromatic N) is 5. The molecule has 8 heteroatoms. The van der Waals surface area contributed by atoms with Crippen LogP contribution in [0.15, 0.2) is 41.2 Å². The Morgan fingerprint density at radius 1 is 1.21 bits per heavy atom. The highest BCUT2D eigenvalue weighted by Crippen LogP contribution is 2.34. The van der Waals surface area contributed by atoms with Gasteiger partial charge in [0.2, 0.25) is 5.52 Å². The van der Waals surface area contributed by atoms with E-state index in [1.54, 1.807) is 29.8 Å². The van der Waals surface area contributed by atoms with Crippen molar-refractivity contribution in [1.29, 1.82) is 0 Å². The van der Waals surface area contributed by atoms with Crippen LogP contribution in [0, 0.1) is 18.2 Å². The molecule has 33 heavy (non-hydrogen) atoms. The topological polar surface area (TPSA) is 45.7 Å². The van der Waals surface area contributed by atoms with Crippen LogP contribution in [0.3, 0.4) is 0 Å². The SMILES string of the molecule is [C-]#[N+]c1ccc2c(n1)c(N1C[C@@H](C)N(C(C)c3ccc(F)cc3F)C[C@@H]1CC)cc(=O)n2C. The van der Waals surface area contributed by atoms with E-state index in [2.05, 4.69) is 33.5 Å². The molecule has 1 aliphatic heterocycles. The first-order chi connectivity index (χ1) is 15.7. The first-order valence-electron chi connectivity index (χ1n) is 11.1. The number of hydrogen-bond donors (Lipinski definition) is 0. The lowest BCUT2D eigenvalue weighted by Gasteiger charge is -2.48. The van der Waals surface area contributed by atoms with E-state index in [9.17, 15) is 13.6 Å². The molecule has 3 aromatic rings. The number of aryl methyl sites for hydroxylation is 1. The fourth-order valence-electron chi connectivity index (χ4n) is 4.85. The van der Waals surface area contributed by atoms with Crippen molar-refractivity contribution in [2.45, 2.75) is 45.3 Å². The van der Waals surface area contributed by atoms with E-state index in [-0.39, 0.29) is 29.5 Å². The summed E-state index contributed by atoms with van der Waals surface area (Å²) in [7, 11) is 1.70. The number of fused-ring (bicyclic) bond motifs is 1. The molecule has 1 aliphatic rings. The van der Waals surface area contributed by atoms with Gasteiger partial charge in [0.05, 0.1) is 11.2 Å². The molecule has 0 bridgehead atoms. The van der Waals surface area contributed by atoms with Crippen molar-refractivity contribution in [1.82, 2.24) is 14.5 Å². The highest BCUT2D eigenvalue weighted by Gasteiger charge is 2.36. The van der Waals surface area contributed by atoms with Crippen molar-refractivity contribution >= 4 is 22.5 Å². The Morgan fingerprint density at radius 3 is 2.64 bits per heavy atom. The van der Waals surface area contributed by atoms with Gasteiger partial charge in [0.15, 0.2) is 0 Å². The maximum absolute atomic E-state index is 14.5. The summed E-state index contributed by atoms with van der Waals surface area (Å²) in [4.78, 5) is 25.1. The molecule has 0 spiro atoms. The average molecular weight is 452 g/mol. The molecular weight excluding hydrogens is 424 g/mol. The maximum Gasteiger partial charge on any atom is 0.270 e. The van der Waals surface area contributed by atoms with Gasteiger partial charge in [0, 0.05) is 56.0 Å². The number of hydrogen-bond acceptors (Lipinski definition) is 4. The van der Waals surface area contributed by atoms with Gasteiger partial charge in [-0.1, -0.05) is 19.6 Å². The predicted octanol–water partition coefficient (Wildman–Crippen LogP) is 4.81. The van der Waals surface area contributed by atoms with Crippen LogP contribution in [0.4, 0.5) is 20.3 Å². The average Bonchev–Trinajstić information content (AvgIpc) is 2.80. The van der Waals surface area contributed by atoms with Crippen molar-refractivity contribution in [3.63, 3.8) is 0 Å². The molecule has 172 valence electrons.